The third kappa shape index (κ3) is 4.89. The molecule has 0 fully saturated rings. The highest BCUT2D eigenvalue weighted by atomic mass is 16.5. The van der Waals surface area contributed by atoms with Crippen molar-refractivity contribution >= 4 is 12.1 Å². The van der Waals surface area contributed by atoms with Crippen LogP contribution in [-0.2, 0) is 0 Å². The molecule has 0 aromatic heterocycles. The summed E-state index contributed by atoms with van der Waals surface area (Å²) in [5, 5.41) is 38.6. The number of hydrogen-bond acceptors (Lipinski definition) is 7. The van der Waals surface area contributed by atoms with Crippen molar-refractivity contribution in [1.82, 2.24) is 5.43 Å². The van der Waals surface area contributed by atoms with Crippen LogP contribution in [0.2, 0.25) is 0 Å². The van der Waals surface area contributed by atoms with Crippen LogP contribution >= 0.6 is 0 Å². The third-order valence-electron chi connectivity index (χ3n) is 2.82. The minimum absolute atomic E-state index is 0.308. The summed E-state index contributed by atoms with van der Waals surface area (Å²) >= 11 is 0. The lowest BCUT2D eigenvalue weighted by Crippen LogP contribution is -2.17. The Balaban J connectivity index is 0.00000139. The lowest BCUT2D eigenvalue weighted by Gasteiger charge is -2.03. The van der Waals surface area contributed by atoms with Crippen molar-refractivity contribution in [2.45, 2.75) is 0 Å². The van der Waals surface area contributed by atoms with E-state index in [0.29, 0.717) is 16.9 Å². The first-order valence-corrected chi connectivity index (χ1v) is 6.68. The molecule has 128 valence electrons. The lowest BCUT2D eigenvalue weighted by atomic mass is 10.2. The number of aliphatic hydroxyl groups is 1. The first-order valence-electron chi connectivity index (χ1n) is 6.68. The molecule has 0 unspecified atom stereocenters. The molecule has 8 heteroatoms. The third-order valence-corrected chi connectivity index (χ3v) is 2.82. The van der Waals surface area contributed by atoms with Crippen LogP contribution in [0.5, 0.6) is 23.0 Å². The second-order valence-corrected chi connectivity index (χ2v) is 4.34. The van der Waals surface area contributed by atoms with E-state index in [4.69, 9.17) is 9.84 Å². The smallest absolute Gasteiger partial charge is 0.271 e. The number of carbonyl (C=O) groups is 1. The molecular formula is C16H18N2O6. The fourth-order valence-electron chi connectivity index (χ4n) is 1.67. The van der Waals surface area contributed by atoms with Crippen molar-refractivity contribution in [3.8, 4) is 23.0 Å². The molecule has 0 saturated carbocycles. The lowest BCUT2D eigenvalue weighted by molar-refractivity contribution is 0.0955. The maximum absolute atomic E-state index is 11.8. The number of hydrogen-bond donors (Lipinski definition) is 5. The number of phenolic OH excluding ortho intramolecular Hbond substituents is 3. The van der Waals surface area contributed by atoms with Crippen LogP contribution in [0.15, 0.2) is 41.5 Å². The predicted molar refractivity (Wildman–Crippen MR) is 87.6 cm³/mol. The molecular weight excluding hydrogens is 316 g/mol. The summed E-state index contributed by atoms with van der Waals surface area (Å²) < 4.78 is 4.99. The highest BCUT2D eigenvalue weighted by molar-refractivity contribution is 5.95. The molecule has 2 rings (SSSR count). The van der Waals surface area contributed by atoms with Gasteiger partial charge in [0.05, 0.1) is 13.3 Å². The maximum atomic E-state index is 11.8. The van der Waals surface area contributed by atoms with Crippen LogP contribution in [0.3, 0.4) is 0 Å². The van der Waals surface area contributed by atoms with Gasteiger partial charge < -0.3 is 25.2 Å². The molecule has 0 aliphatic rings. The van der Waals surface area contributed by atoms with E-state index in [1.165, 1.54) is 25.5 Å². The Morgan fingerprint density at radius 1 is 1.08 bits per heavy atom. The topological polar surface area (TPSA) is 132 Å². The van der Waals surface area contributed by atoms with Crippen molar-refractivity contribution in [2.75, 3.05) is 14.2 Å². The Kier molecular flexibility index (Phi) is 7.05. The van der Waals surface area contributed by atoms with Crippen LogP contribution in [-0.4, -0.2) is 46.8 Å². The second kappa shape index (κ2) is 9.01. The van der Waals surface area contributed by atoms with Gasteiger partial charge in [-0.15, -0.1) is 0 Å². The summed E-state index contributed by atoms with van der Waals surface area (Å²) in [6, 6.07) is 8.85. The van der Waals surface area contributed by atoms with Gasteiger partial charge in [-0.2, -0.15) is 5.10 Å². The van der Waals surface area contributed by atoms with Gasteiger partial charge in [-0.3, -0.25) is 4.79 Å². The quantitative estimate of drug-likeness (QED) is 0.324. The first kappa shape index (κ1) is 18.8. The normalized spacial score (nSPS) is 9.96. The van der Waals surface area contributed by atoms with Gasteiger partial charge in [0.15, 0.2) is 17.2 Å². The van der Waals surface area contributed by atoms with Crippen LogP contribution in [0.1, 0.15) is 15.9 Å². The van der Waals surface area contributed by atoms with Gasteiger partial charge >= 0.3 is 0 Å². The molecule has 8 nitrogen and oxygen atoms in total. The molecule has 5 N–H and O–H groups in total. The number of benzene rings is 2. The largest absolute Gasteiger partial charge is 0.504 e. The molecule has 0 aliphatic heterocycles. The van der Waals surface area contributed by atoms with E-state index in [1.54, 1.807) is 24.3 Å². The average molecular weight is 334 g/mol. The molecule has 2 aromatic rings. The van der Waals surface area contributed by atoms with Gasteiger partial charge in [0.25, 0.3) is 5.91 Å². The molecule has 24 heavy (non-hydrogen) atoms. The van der Waals surface area contributed by atoms with Crippen molar-refractivity contribution in [1.29, 1.82) is 0 Å². The van der Waals surface area contributed by atoms with Gasteiger partial charge in [0, 0.05) is 18.2 Å². The molecule has 0 saturated heterocycles. The van der Waals surface area contributed by atoms with Crippen molar-refractivity contribution in [3.63, 3.8) is 0 Å². The Bertz CT molecular complexity index is 690. The molecule has 1 amide bonds. The van der Waals surface area contributed by atoms with E-state index in [2.05, 4.69) is 10.5 Å². The van der Waals surface area contributed by atoms with Gasteiger partial charge in [-0.25, -0.2) is 5.43 Å². The zero-order valence-electron chi connectivity index (χ0n) is 13.1. The monoisotopic (exact) mass is 334 g/mol. The van der Waals surface area contributed by atoms with E-state index in [1.807, 2.05) is 0 Å². The molecule has 0 atom stereocenters. The fourth-order valence-corrected chi connectivity index (χ4v) is 1.67. The summed E-state index contributed by atoms with van der Waals surface area (Å²) in [7, 11) is 2.53. The first-order chi connectivity index (χ1) is 11.5. The summed E-state index contributed by atoms with van der Waals surface area (Å²) in [4.78, 5) is 11.8. The van der Waals surface area contributed by atoms with Gasteiger partial charge in [0.2, 0.25) is 0 Å². The van der Waals surface area contributed by atoms with E-state index in [-0.39, 0.29) is 0 Å². The number of phenols is 3. The molecule has 0 heterocycles. The van der Waals surface area contributed by atoms with Crippen LogP contribution in [0.25, 0.3) is 0 Å². The number of rotatable bonds is 4. The second-order valence-electron chi connectivity index (χ2n) is 4.34. The number of carbonyl (C=O) groups excluding carboxylic acids is 1. The van der Waals surface area contributed by atoms with Gasteiger partial charge in [0.1, 0.15) is 5.75 Å². The Hall–Kier alpha value is -3.26. The number of nitrogens with one attached hydrogen (secondary N) is 1. The maximum Gasteiger partial charge on any atom is 0.271 e. The van der Waals surface area contributed by atoms with E-state index < -0.39 is 23.2 Å². The highest BCUT2D eigenvalue weighted by Crippen LogP contribution is 2.34. The number of aliphatic hydroxyl groups excluding tert-OH is 1. The van der Waals surface area contributed by atoms with E-state index >= 15 is 0 Å². The zero-order valence-corrected chi connectivity index (χ0v) is 13.1. The summed E-state index contributed by atoms with van der Waals surface area (Å²) in [6.45, 7) is 0. The molecule has 0 aliphatic carbocycles. The van der Waals surface area contributed by atoms with Gasteiger partial charge in [-0.1, -0.05) is 0 Å². The number of amides is 1. The van der Waals surface area contributed by atoms with E-state index in [9.17, 15) is 20.1 Å². The number of nitrogens with zero attached hydrogens (tertiary/aromatic N) is 1. The van der Waals surface area contributed by atoms with Crippen molar-refractivity contribution in [2.24, 2.45) is 5.10 Å². The summed E-state index contributed by atoms with van der Waals surface area (Å²) in [6.07, 6.45) is 1.22. The summed E-state index contributed by atoms with van der Waals surface area (Å²) in [5.74, 6) is -1.37. The molecule has 0 spiro atoms. The highest BCUT2D eigenvalue weighted by Gasteiger charge is 2.07. The minimum atomic E-state index is -0.612. The van der Waals surface area contributed by atoms with Crippen LogP contribution in [0.4, 0.5) is 0 Å². The predicted octanol–water partition coefficient (Wildman–Crippen LogP) is 1.18. The van der Waals surface area contributed by atoms with E-state index in [0.717, 1.165) is 7.11 Å². The molecule has 0 bridgehead atoms. The zero-order chi connectivity index (χ0) is 18.1. The SMILES string of the molecule is CO.COc1ccc(C(=O)N/N=C/c2cc(O)c(O)c(O)c2)cc1. The Morgan fingerprint density at radius 3 is 2.12 bits per heavy atom. The molecule has 0 radical (unpaired) electrons. The van der Waals surface area contributed by atoms with Crippen LogP contribution < -0.4 is 10.2 Å². The molecule has 2 aromatic carbocycles. The number of aromatic hydroxyl groups is 3. The number of methoxy groups -OCH3 is 1. The van der Waals surface area contributed by atoms with Crippen molar-refractivity contribution in [3.05, 3.63) is 47.5 Å². The fraction of sp³-hybridized carbons (Fsp3) is 0.125. The Labute approximate surface area is 138 Å². The number of ether oxygens (including phenoxy) is 1. The van der Waals surface area contributed by atoms with Gasteiger partial charge in [-0.05, 0) is 36.4 Å². The standard InChI is InChI=1S/C15H14N2O5.CH4O/c1-22-11-4-2-10(3-5-11)15(21)17-16-8-9-6-12(18)14(20)13(19)7-9;1-2/h2-8,18-20H,1H3,(H,17,21);2H,1H3/b16-8+;. The summed E-state index contributed by atoms with van der Waals surface area (Å²) in [5.41, 5.74) is 3.01. The van der Waals surface area contributed by atoms with Crippen molar-refractivity contribution < 1.29 is 30.0 Å². The number of hydrazone groups is 1. The Morgan fingerprint density at radius 2 is 1.62 bits per heavy atom. The van der Waals surface area contributed by atoms with Crippen LogP contribution in [0, 0.1) is 0 Å². The average Bonchev–Trinajstić information content (AvgIpc) is 2.61. The minimum Gasteiger partial charge on any atom is -0.504 e.